The number of carbonyl (C=O) groups excluding carboxylic acids is 1. The average Bonchev–Trinajstić information content (AvgIpc) is 2.26. The molecule has 3 nitrogen and oxygen atoms in total. The standard InChI is InChI=1S/C12H13NO2/c1-15-10-4-2-3-8-5-6-13-9(12(8)10)7-11(13)14/h2-4,9H,5-7H2,1H3. The second-order valence-electron chi connectivity index (χ2n) is 4.09. The highest BCUT2D eigenvalue weighted by atomic mass is 16.5. The number of rotatable bonds is 1. The molecule has 1 fully saturated rings. The third-order valence-corrected chi connectivity index (χ3v) is 3.40. The van der Waals surface area contributed by atoms with E-state index < -0.39 is 0 Å². The lowest BCUT2D eigenvalue weighted by Gasteiger charge is -2.45. The second-order valence-corrected chi connectivity index (χ2v) is 4.09. The Hall–Kier alpha value is -1.51. The van der Waals surface area contributed by atoms with E-state index in [1.54, 1.807) is 7.11 Å². The maximum absolute atomic E-state index is 11.4. The molecule has 78 valence electrons. The van der Waals surface area contributed by atoms with Crippen molar-refractivity contribution in [1.29, 1.82) is 0 Å². The number of ether oxygens (including phenoxy) is 1. The molecule has 2 aliphatic heterocycles. The van der Waals surface area contributed by atoms with Gasteiger partial charge in [-0.15, -0.1) is 0 Å². The van der Waals surface area contributed by atoms with Crippen molar-refractivity contribution in [3.8, 4) is 5.75 Å². The molecule has 1 aromatic rings. The zero-order chi connectivity index (χ0) is 10.4. The number of nitrogens with zero attached hydrogens (tertiary/aromatic N) is 1. The van der Waals surface area contributed by atoms with E-state index in [0.29, 0.717) is 6.42 Å². The monoisotopic (exact) mass is 203 g/mol. The molecule has 0 spiro atoms. The Morgan fingerprint density at radius 1 is 1.47 bits per heavy atom. The molecule has 15 heavy (non-hydrogen) atoms. The van der Waals surface area contributed by atoms with Crippen molar-refractivity contribution in [2.45, 2.75) is 18.9 Å². The van der Waals surface area contributed by atoms with Gasteiger partial charge in [-0.05, 0) is 18.1 Å². The van der Waals surface area contributed by atoms with Gasteiger partial charge in [0.1, 0.15) is 5.75 Å². The normalized spacial score (nSPS) is 22.9. The highest BCUT2D eigenvalue weighted by Crippen LogP contribution is 2.43. The van der Waals surface area contributed by atoms with Crippen molar-refractivity contribution in [2.24, 2.45) is 0 Å². The van der Waals surface area contributed by atoms with Crippen LogP contribution in [0.4, 0.5) is 0 Å². The molecule has 3 rings (SSSR count). The first-order valence-electron chi connectivity index (χ1n) is 5.26. The Kier molecular flexibility index (Phi) is 1.75. The fraction of sp³-hybridized carbons (Fsp3) is 0.417. The number of amides is 1. The summed E-state index contributed by atoms with van der Waals surface area (Å²) < 4.78 is 5.36. The Morgan fingerprint density at radius 2 is 2.33 bits per heavy atom. The van der Waals surface area contributed by atoms with Crippen LogP contribution in [0.25, 0.3) is 0 Å². The quantitative estimate of drug-likeness (QED) is 0.648. The first kappa shape index (κ1) is 8.77. The number of fused-ring (bicyclic) bond motifs is 3. The van der Waals surface area contributed by atoms with Gasteiger partial charge in [0.05, 0.1) is 19.6 Å². The third kappa shape index (κ3) is 1.09. The van der Waals surface area contributed by atoms with Crippen molar-refractivity contribution >= 4 is 5.91 Å². The van der Waals surface area contributed by atoms with Gasteiger partial charge >= 0.3 is 0 Å². The molecule has 0 aliphatic carbocycles. The van der Waals surface area contributed by atoms with E-state index in [1.807, 2.05) is 17.0 Å². The van der Waals surface area contributed by atoms with Crippen LogP contribution >= 0.6 is 0 Å². The van der Waals surface area contributed by atoms with Crippen LogP contribution in [0.15, 0.2) is 18.2 Å². The van der Waals surface area contributed by atoms with Gasteiger partial charge in [-0.25, -0.2) is 0 Å². The van der Waals surface area contributed by atoms with E-state index in [4.69, 9.17) is 4.74 Å². The molecule has 1 atom stereocenters. The van der Waals surface area contributed by atoms with Crippen LogP contribution in [0, 0.1) is 0 Å². The van der Waals surface area contributed by atoms with Gasteiger partial charge < -0.3 is 9.64 Å². The highest BCUT2D eigenvalue weighted by molar-refractivity contribution is 5.84. The summed E-state index contributed by atoms with van der Waals surface area (Å²) >= 11 is 0. The average molecular weight is 203 g/mol. The highest BCUT2D eigenvalue weighted by Gasteiger charge is 2.42. The van der Waals surface area contributed by atoms with E-state index in [9.17, 15) is 4.79 Å². The van der Waals surface area contributed by atoms with Crippen LogP contribution in [-0.4, -0.2) is 24.5 Å². The summed E-state index contributed by atoms with van der Waals surface area (Å²) in [5.74, 6) is 1.20. The third-order valence-electron chi connectivity index (χ3n) is 3.40. The topological polar surface area (TPSA) is 29.5 Å². The number of carbonyl (C=O) groups is 1. The zero-order valence-electron chi connectivity index (χ0n) is 8.69. The lowest BCUT2D eigenvalue weighted by Crippen LogP contribution is -2.50. The summed E-state index contributed by atoms with van der Waals surface area (Å²) in [6, 6.07) is 6.41. The zero-order valence-corrected chi connectivity index (χ0v) is 8.69. The molecule has 0 bridgehead atoms. The minimum atomic E-state index is 0.275. The van der Waals surface area contributed by atoms with E-state index >= 15 is 0 Å². The molecule has 0 N–H and O–H groups in total. The predicted octanol–water partition coefficient (Wildman–Crippen LogP) is 1.52. The first-order chi connectivity index (χ1) is 7.31. The van der Waals surface area contributed by atoms with Crippen LogP contribution in [0.2, 0.25) is 0 Å². The second kappa shape index (κ2) is 2.99. The molecule has 1 aromatic carbocycles. The molecule has 1 amide bonds. The van der Waals surface area contributed by atoms with Gasteiger partial charge in [0.15, 0.2) is 0 Å². The summed E-state index contributed by atoms with van der Waals surface area (Å²) in [7, 11) is 1.69. The van der Waals surface area contributed by atoms with Crippen LogP contribution in [-0.2, 0) is 11.2 Å². The maximum Gasteiger partial charge on any atom is 0.225 e. The number of β-lactam (4-membered cyclic amide) rings is 1. The molecule has 3 heteroatoms. The number of hydrogen-bond acceptors (Lipinski definition) is 2. The van der Waals surface area contributed by atoms with Crippen molar-refractivity contribution in [2.75, 3.05) is 13.7 Å². The molecule has 1 unspecified atom stereocenters. The van der Waals surface area contributed by atoms with Crippen molar-refractivity contribution in [1.82, 2.24) is 4.90 Å². The number of benzene rings is 1. The van der Waals surface area contributed by atoms with Crippen LogP contribution in [0.1, 0.15) is 23.6 Å². The molecule has 2 aliphatic rings. The van der Waals surface area contributed by atoms with Gasteiger partial charge in [-0.2, -0.15) is 0 Å². The molecular formula is C12H13NO2. The van der Waals surface area contributed by atoms with Crippen LogP contribution < -0.4 is 4.74 Å². The maximum atomic E-state index is 11.4. The summed E-state index contributed by atoms with van der Waals surface area (Å²) in [5.41, 5.74) is 2.56. The Bertz CT molecular complexity index is 413. The Morgan fingerprint density at radius 3 is 3.07 bits per heavy atom. The van der Waals surface area contributed by atoms with Crippen molar-refractivity contribution in [3.63, 3.8) is 0 Å². The largest absolute Gasteiger partial charge is 0.496 e. The van der Waals surface area contributed by atoms with E-state index in [0.717, 1.165) is 18.7 Å². The summed E-state index contributed by atoms with van der Waals surface area (Å²) in [4.78, 5) is 13.3. The first-order valence-corrected chi connectivity index (χ1v) is 5.26. The van der Waals surface area contributed by atoms with Gasteiger partial charge in [0.25, 0.3) is 0 Å². The minimum Gasteiger partial charge on any atom is -0.496 e. The van der Waals surface area contributed by atoms with Crippen molar-refractivity contribution in [3.05, 3.63) is 29.3 Å². The minimum absolute atomic E-state index is 0.275. The fourth-order valence-electron chi connectivity index (χ4n) is 2.60. The van der Waals surface area contributed by atoms with E-state index in [-0.39, 0.29) is 11.9 Å². The number of hydrogen-bond donors (Lipinski definition) is 0. The smallest absolute Gasteiger partial charge is 0.225 e. The SMILES string of the molecule is COc1cccc2c1C1CC(=O)N1CC2. The molecule has 2 heterocycles. The van der Waals surface area contributed by atoms with Gasteiger partial charge in [0, 0.05) is 12.1 Å². The van der Waals surface area contributed by atoms with E-state index in [1.165, 1.54) is 11.1 Å². The fourth-order valence-corrected chi connectivity index (χ4v) is 2.60. The van der Waals surface area contributed by atoms with Gasteiger partial charge in [-0.1, -0.05) is 12.1 Å². The van der Waals surface area contributed by atoms with Crippen molar-refractivity contribution < 1.29 is 9.53 Å². The lowest BCUT2D eigenvalue weighted by atomic mass is 9.84. The molecule has 0 aromatic heterocycles. The Balaban J connectivity index is 2.09. The number of methoxy groups -OCH3 is 1. The van der Waals surface area contributed by atoms with Gasteiger partial charge in [0.2, 0.25) is 5.91 Å². The summed E-state index contributed by atoms with van der Waals surface area (Å²) in [6.07, 6.45) is 1.60. The predicted molar refractivity (Wildman–Crippen MR) is 55.8 cm³/mol. The summed E-state index contributed by atoms with van der Waals surface area (Å²) in [5, 5.41) is 0. The lowest BCUT2D eigenvalue weighted by molar-refractivity contribution is -0.147. The van der Waals surface area contributed by atoms with Crippen LogP contribution in [0.3, 0.4) is 0 Å². The van der Waals surface area contributed by atoms with Crippen LogP contribution in [0.5, 0.6) is 5.75 Å². The Labute approximate surface area is 88.6 Å². The summed E-state index contributed by atoms with van der Waals surface area (Å²) in [6.45, 7) is 0.865. The molecule has 0 saturated carbocycles. The van der Waals surface area contributed by atoms with Gasteiger partial charge in [-0.3, -0.25) is 4.79 Å². The molecular weight excluding hydrogens is 190 g/mol. The van der Waals surface area contributed by atoms with E-state index in [2.05, 4.69) is 6.07 Å². The molecule has 1 saturated heterocycles. The molecule has 0 radical (unpaired) electrons.